The van der Waals surface area contributed by atoms with E-state index in [4.69, 9.17) is 5.84 Å². The Labute approximate surface area is 124 Å². The highest BCUT2D eigenvalue weighted by atomic mass is 32.1. The summed E-state index contributed by atoms with van der Waals surface area (Å²) in [5, 5.41) is 6.22. The largest absolute Gasteiger partial charge is 0.358 e. The fourth-order valence-electron chi connectivity index (χ4n) is 2.21. The maximum Gasteiger partial charge on any atom is 0.249 e. The number of hydrogen-bond acceptors (Lipinski definition) is 8. The number of nitrogen functional groups attached to an aromatic ring is 1. The second-order valence-electron chi connectivity index (χ2n) is 4.76. The van der Waals surface area contributed by atoms with Crippen molar-refractivity contribution in [2.24, 2.45) is 5.84 Å². The van der Waals surface area contributed by atoms with Crippen LogP contribution in [0.1, 0.15) is 17.7 Å². The van der Waals surface area contributed by atoms with Crippen LogP contribution in [0.25, 0.3) is 10.2 Å². The summed E-state index contributed by atoms with van der Waals surface area (Å²) in [6, 6.07) is 1.46. The zero-order chi connectivity index (χ0) is 15.0. The van der Waals surface area contributed by atoms with E-state index in [1.165, 1.54) is 11.3 Å². The first-order valence-corrected chi connectivity index (χ1v) is 7.23. The van der Waals surface area contributed by atoms with Gasteiger partial charge in [0.1, 0.15) is 16.7 Å². The van der Waals surface area contributed by atoms with Gasteiger partial charge < -0.3 is 5.32 Å². The van der Waals surface area contributed by atoms with E-state index in [0.717, 1.165) is 15.1 Å². The topological polar surface area (TPSA) is 122 Å². The Morgan fingerprint density at radius 3 is 2.95 bits per heavy atom. The number of aryl methyl sites for hydroxylation is 1. The van der Waals surface area contributed by atoms with Crippen LogP contribution in [0, 0.1) is 6.92 Å². The minimum Gasteiger partial charge on any atom is -0.358 e. The lowest BCUT2D eigenvalue weighted by Crippen LogP contribution is -2.47. The third-order valence-electron chi connectivity index (χ3n) is 3.20. The van der Waals surface area contributed by atoms with Gasteiger partial charge in [0, 0.05) is 11.3 Å². The second kappa shape index (κ2) is 5.26. The van der Waals surface area contributed by atoms with Crippen LogP contribution in [0.15, 0.2) is 6.07 Å². The van der Waals surface area contributed by atoms with Crippen molar-refractivity contribution < 1.29 is 9.59 Å². The minimum absolute atomic E-state index is 0.249. The molecule has 1 atom stereocenters. The quantitative estimate of drug-likeness (QED) is 0.370. The Hall–Kier alpha value is -2.26. The Balaban J connectivity index is 1.95. The van der Waals surface area contributed by atoms with Gasteiger partial charge in [-0.05, 0) is 19.4 Å². The molecule has 1 aliphatic heterocycles. The van der Waals surface area contributed by atoms with E-state index in [9.17, 15) is 9.59 Å². The Bertz CT molecular complexity index is 728. The van der Waals surface area contributed by atoms with Gasteiger partial charge in [-0.3, -0.25) is 20.3 Å². The van der Waals surface area contributed by atoms with Gasteiger partial charge in [-0.15, -0.1) is 11.3 Å². The normalized spacial score (nSPS) is 18.7. The van der Waals surface area contributed by atoms with Crippen LogP contribution in [0.4, 0.5) is 11.8 Å². The van der Waals surface area contributed by atoms with Crippen LogP contribution in [-0.2, 0) is 9.59 Å². The van der Waals surface area contributed by atoms with Crippen LogP contribution in [0.5, 0.6) is 0 Å². The molecule has 3 heterocycles. The molecule has 9 heteroatoms. The number of hydrogen-bond donors (Lipinski definition) is 4. The summed E-state index contributed by atoms with van der Waals surface area (Å²) in [7, 11) is 0. The molecule has 1 unspecified atom stereocenters. The Morgan fingerprint density at radius 1 is 1.43 bits per heavy atom. The summed E-state index contributed by atoms with van der Waals surface area (Å²) >= 11 is 1.52. The fourth-order valence-corrected chi connectivity index (χ4v) is 3.09. The maximum atomic E-state index is 11.8. The number of imide groups is 1. The number of aromatic nitrogens is 2. The summed E-state index contributed by atoms with van der Waals surface area (Å²) in [4.78, 5) is 33.4. The first-order valence-electron chi connectivity index (χ1n) is 6.42. The van der Waals surface area contributed by atoms with Crippen molar-refractivity contribution in [2.45, 2.75) is 25.8 Å². The van der Waals surface area contributed by atoms with Gasteiger partial charge in [0.2, 0.25) is 17.8 Å². The number of fused-ring (bicyclic) bond motifs is 1. The summed E-state index contributed by atoms with van der Waals surface area (Å²) < 4.78 is 0. The van der Waals surface area contributed by atoms with Crippen molar-refractivity contribution in [3.63, 3.8) is 0 Å². The molecule has 1 saturated heterocycles. The summed E-state index contributed by atoms with van der Waals surface area (Å²) in [5.74, 6) is 5.60. The van der Waals surface area contributed by atoms with Gasteiger partial charge in [-0.25, -0.2) is 10.8 Å². The fraction of sp³-hybridized carbons (Fsp3) is 0.333. The average molecular weight is 306 g/mol. The monoisotopic (exact) mass is 306 g/mol. The molecule has 8 nitrogen and oxygen atoms in total. The molecule has 0 spiro atoms. The van der Waals surface area contributed by atoms with Crippen molar-refractivity contribution in [1.82, 2.24) is 15.3 Å². The first-order chi connectivity index (χ1) is 10.1. The Kier molecular flexibility index (Phi) is 3.43. The highest BCUT2D eigenvalue weighted by Gasteiger charge is 2.27. The van der Waals surface area contributed by atoms with Crippen molar-refractivity contribution in [1.29, 1.82) is 0 Å². The Morgan fingerprint density at radius 2 is 2.24 bits per heavy atom. The second-order valence-corrected chi connectivity index (χ2v) is 6.00. The average Bonchev–Trinajstić information content (AvgIpc) is 2.82. The molecular formula is C12H14N6O2S. The molecule has 2 aromatic rings. The number of anilines is 2. The zero-order valence-corrected chi connectivity index (χ0v) is 12.1. The molecule has 0 bridgehead atoms. The van der Waals surface area contributed by atoms with Crippen LogP contribution in [-0.4, -0.2) is 27.8 Å². The van der Waals surface area contributed by atoms with E-state index in [-0.39, 0.29) is 17.8 Å². The number of hydrazine groups is 1. The molecule has 110 valence electrons. The van der Waals surface area contributed by atoms with Crippen LogP contribution < -0.4 is 21.9 Å². The number of thiophene rings is 1. The lowest BCUT2D eigenvalue weighted by molar-refractivity contribution is -0.133. The minimum atomic E-state index is -0.494. The summed E-state index contributed by atoms with van der Waals surface area (Å²) in [6.45, 7) is 1.97. The number of carbonyl (C=O) groups is 2. The molecule has 2 amide bonds. The molecule has 5 N–H and O–H groups in total. The predicted molar refractivity (Wildman–Crippen MR) is 79.8 cm³/mol. The van der Waals surface area contributed by atoms with E-state index in [2.05, 4.69) is 26.0 Å². The number of carbonyl (C=O) groups excluding carboxylic acids is 2. The highest BCUT2D eigenvalue weighted by Crippen LogP contribution is 2.30. The predicted octanol–water partition coefficient (Wildman–Crippen LogP) is 0.502. The molecule has 0 radical (unpaired) electrons. The number of nitrogens with one attached hydrogen (secondary N) is 3. The van der Waals surface area contributed by atoms with Gasteiger partial charge in [0.05, 0.1) is 5.39 Å². The van der Waals surface area contributed by atoms with Crippen molar-refractivity contribution in [3.8, 4) is 0 Å². The van der Waals surface area contributed by atoms with Gasteiger partial charge in [0.25, 0.3) is 0 Å². The lowest BCUT2D eigenvalue weighted by atomic mass is 10.1. The molecule has 3 rings (SSSR count). The third-order valence-corrected chi connectivity index (χ3v) is 4.14. The number of rotatable bonds is 3. The third kappa shape index (κ3) is 2.65. The van der Waals surface area contributed by atoms with E-state index in [1.54, 1.807) is 0 Å². The molecular weight excluding hydrogens is 292 g/mol. The van der Waals surface area contributed by atoms with E-state index >= 15 is 0 Å². The number of amides is 2. The van der Waals surface area contributed by atoms with E-state index in [1.807, 2.05) is 13.0 Å². The van der Waals surface area contributed by atoms with Gasteiger partial charge in [0.15, 0.2) is 0 Å². The number of nitrogens with two attached hydrogens (primary N) is 1. The molecule has 0 aromatic carbocycles. The molecule has 1 aliphatic rings. The SMILES string of the molecule is Cc1cc2c(NC3CCC(=O)NC3=O)nc(NN)nc2s1. The number of piperidine rings is 1. The molecule has 0 aliphatic carbocycles. The summed E-state index contributed by atoms with van der Waals surface area (Å²) in [5.41, 5.74) is 2.41. The zero-order valence-electron chi connectivity index (χ0n) is 11.3. The molecule has 21 heavy (non-hydrogen) atoms. The maximum absolute atomic E-state index is 11.8. The van der Waals surface area contributed by atoms with E-state index in [0.29, 0.717) is 18.7 Å². The van der Waals surface area contributed by atoms with Crippen molar-refractivity contribution in [3.05, 3.63) is 10.9 Å². The van der Waals surface area contributed by atoms with Crippen LogP contribution in [0.2, 0.25) is 0 Å². The van der Waals surface area contributed by atoms with Gasteiger partial charge in [-0.2, -0.15) is 4.98 Å². The molecule has 0 saturated carbocycles. The highest BCUT2D eigenvalue weighted by molar-refractivity contribution is 7.18. The van der Waals surface area contributed by atoms with Crippen LogP contribution >= 0.6 is 11.3 Å². The van der Waals surface area contributed by atoms with Gasteiger partial charge >= 0.3 is 0 Å². The number of nitrogens with zero attached hydrogens (tertiary/aromatic N) is 2. The van der Waals surface area contributed by atoms with E-state index < -0.39 is 6.04 Å². The standard InChI is InChI=1S/C12H14N6O2S/c1-5-4-6-9(16-12(18-13)17-11(6)21-5)14-7-2-3-8(19)15-10(7)20/h4,7H,2-3,13H2,1H3,(H,15,19,20)(H2,14,16,17,18). The first kappa shape index (κ1) is 13.7. The van der Waals surface area contributed by atoms with Crippen molar-refractivity contribution in [2.75, 3.05) is 10.7 Å². The van der Waals surface area contributed by atoms with Crippen LogP contribution in [0.3, 0.4) is 0 Å². The van der Waals surface area contributed by atoms with Gasteiger partial charge in [-0.1, -0.05) is 0 Å². The van der Waals surface area contributed by atoms with Crippen molar-refractivity contribution >= 4 is 45.1 Å². The summed E-state index contributed by atoms with van der Waals surface area (Å²) in [6.07, 6.45) is 0.743. The molecule has 2 aromatic heterocycles. The smallest absolute Gasteiger partial charge is 0.249 e. The lowest BCUT2D eigenvalue weighted by Gasteiger charge is -2.22. The molecule has 1 fully saturated rings.